The summed E-state index contributed by atoms with van der Waals surface area (Å²) in [6.45, 7) is 30.0. The third-order valence-electron chi connectivity index (χ3n) is 11.9. The van der Waals surface area contributed by atoms with E-state index < -0.39 is 36.2 Å². The van der Waals surface area contributed by atoms with Gasteiger partial charge in [-0.05, 0) is 56.9 Å². The molecule has 0 saturated heterocycles. The molecule has 75 heavy (non-hydrogen) atoms. The quantitative estimate of drug-likeness (QED) is 0.0549. The van der Waals surface area contributed by atoms with Crippen LogP contribution in [0.2, 0.25) is 0 Å². The first-order valence-corrected chi connectivity index (χ1v) is 26.0. The molecule has 3 aromatic rings. The van der Waals surface area contributed by atoms with E-state index >= 15 is 0 Å². The van der Waals surface area contributed by atoms with Crippen molar-refractivity contribution < 1.29 is 123 Å². The van der Waals surface area contributed by atoms with E-state index in [9.17, 15) is 34.8 Å². The molecule has 3 atom stereocenters. The van der Waals surface area contributed by atoms with Crippen molar-refractivity contribution in [3.63, 3.8) is 0 Å². The van der Waals surface area contributed by atoms with Gasteiger partial charge in [-0.1, -0.05) is 221 Å². The van der Waals surface area contributed by atoms with Gasteiger partial charge >= 0.3 is 5.97 Å². The Bertz CT molecular complexity index is 1380. The molecule has 19 heteroatoms. The molecule has 436 valence electrons. The van der Waals surface area contributed by atoms with Crippen LogP contribution in [-0.2, 0) is 62.4 Å². The Morgan fingerprint density at radius 3 is 0.720 bits per heavy atom. The van der Waals surface area contributed by atoms with Crippen LogP contribution in [0.15, 0.2) is 91.0 Å². The van der Waals surface area contributed by atoms with Crippen LogP contribution in [0.5, 0.6) is 0 Å². The molecule has 0 amide bonds. The summed E-state index contributed by atoms with van der Waals surface area (Å²) in [7, 11) is 0. The van der Waals surface area contributed by atoms with Crippen LogP contribution in [0.3, 0.4) is 0 Å². The zero-order valence-electron chi connectivity index (χ0n) is 46.4. The Balaban J connectivity index is -0.000000122. The number of nitrogens with zero attached hydrogens (tertiary/aromatic N) is 2. The fraction of sp³-hybridized carbons (Fsp3) is 0.625. The average molecular weight is 1140 g/mol. The van der Waals surface area contributed by atoms with Crippen molar-refractivity contribution in [3.8, 4) is 0 Å². The van der Waals surface area contributed by atoms with Gasteiger partial charge in [-0.25, -0.2) is 4.79 Å². The largest absolute Gasteiger partial charge is 2.00 e. The zero-order chi connectivity index (χ0) is 54.8. The van der Waals surface area contributed by atoms with E-state index in [1.165, 1.54) is 188 Å². The number of carboxylic acid groups (broad SMARTS) is 3. The smallest absolute Gasteiger partial charge is 0.337 e. The number of unbranched alkanes of at least 4 members (excludes halogenated alkanes) is 8. The van der Waals surface area contributed by atoms with Gasteiger partial charge in [0.15, 0.2) is 6.10 Å². The minimum absolute atomic E-state index is 0. The molecule has 2 N–H and O–H groups in total. The monoisotopic (exact) mass is 1130 g/mol. The summed E-state index contributed by atoms with van der Waals surface area (Å²) < 4.78 is 2.84. The van der Waals surface area contributed by atoms with Gasteiger partial charge in [0, 0.05) is 49.0 Å². The summed E-state index contributed by atoms with van der Waals surface area (Å²) in [6.07, 6.45) is 17.2. The summed E-state index contributed by atoms with van der Waals surface area (Å²) in [6, 6.07) is 24.0. The van der Waals surface area contributed by atoms with Crippen molar-refractivity contribution in [2.75, 3.05) is 52.4 Å². The standard InChI is InChI=1S/2C16H36N.C8H8O3.2C8H7O3.2O2.2O.2V/c2*1-5-9-13-17(14-10-6-2,15-11-7-3)16-12-8-4;3*9-7(8(10)11)6-4-2-1-3-5-6;2*1-2;;;;/h2*5-16H2,1-4H3;1-5,7,9H,(H,10,11);2*1-5,7H,(H,10,11);;;;;;/q2*+1;;2*-1;4*-2;;/p-2/t;;3*7-;;;;;;/m..000....../s1. The van der Waals surface area contributed by atoms with Crippen molar-refractivity contribution in [3.05, 3.63) is 108 Å². The molecule has 0 aromatic heterocycles. The minimum Gasteiger partial charge on any atom is -2.00 e. The second kappa shape index (κ2) is 61.6. The zero-order valence-corrected chi connectivity index (χ0v) is 49.1. The second-order valence-electron chi connectivity index (χ2n) is 17.7. The third kappa shape index (κ3) is 46.6. The number of carbonyl (C=O) groups is 3. The molecule has 0 unspecified atom stereocenters. The normalized spacial score (nSPS) is 11.1. The Morgan fingerprint density at radius 2 is 0.573 bits per heavy atom. The minimum atomic E-state index is -1.77. The summed E-state index contributed by atoms with van der Waals surface area (Å²) in [5.74, 6) is -4.40. The molecule has 0 heterocycles. The predicted octanol–water partition coefficient (Wildman–Crippen LogP) is 3.49. The molecule has 17 nitrogen and oxygen atoms in total. The van der Waals surface area contributed by atoms with Gasteiger partial charge in [0.2, 0.25) is 0 Å². The molecular weight excluding hydrogens is 1040 g/mol. The van der Waals surface area contributed by atoms with Crippen LogP contribution in [-0.4, -0.2) is 89.4 Å². The van der Waals surface area contributed by atoms with Gasteiger partial charge in [-0.3, -0.25) is 0 Å². The molecule has 3 rings (SSSR count). The first-order chi connectivity index (χ1) is 34.1. The molecule has 0 aliphatic heterocycles. The van der Waals surface area contributed by atoms with E-state index in [-0.39, 0.29) is 59.2 Å². The van der Waals surface area contributed by atoms with E-state index in [1.807, 2.05) is 0 Å². The van der Waals surface area contributed by atoms with Crippen molar-refractivity contribution in [1.82, 2.24) is 0 Å². The van der Waals surface area contributed by atoms with Gasteiger partial charge in [0.05, 0.1) is 52.4 Å². The van der Waals surface area contributed by atoms with E-state index in [0.29, 0.717) is 5.56 Å². The van der Waals surface area contributed by atoms with Crippen LogP contribution in [0.25, 0.3) is 0 Å². The van der Waals surface area contributed by atoms with Crippen LogP contribution >= 0.6 is 0 Å². The molecule has 3 aromatic carbocycles. The molecule has 0 saturated carbocycles. The maximum Gasteiger partial charge on any atom is 0.337 e. The van der Waals surface area contributed by atoms with Crippen LogP contribution in [0.4, 0.5) is 0 Å². The predicted molar refractivity (Wildman–Crippen MR) is 268 cm³/mol. The van der Waals surface area contributed by atoms with E-state index in [0.717, 1.165) is 0 Å². The van der Waals surface area contributed by atoms with Gasteiger partial charge < -0.3 is 81.2 Å². The van der Waals surface area contributed by atoms with Crippen molar-refractivity contribution >= 4 is 17.9 Å². The number of benzene rings is 3. The van der Waals surface area contributed by atoms with E-state index in [1.54, 1.807) is 66.7 Å². The molecule has 2 radical (unpaired) electrons. The molecule has 0 spiro atoms. The molecule has 0 aliphatic rings. The number of carbonyl (C=O) groups excluding carboxylic acids is 2. The maximum atomic E-state index is 10.8. The number of quaternary nitrogens is 2. The van der Waals surface area contributed by atoms with Crippen LogP contribution < -0.4 is 41.5 Å². The summed E-state index contributed by atoms with van der Waals surface area (Å²) in [5.41, 5.74) is 0.861. The fourth-order valence-corrected chi connectivity index (χ4v) is 7.60. The second-order valence-corrected chi connectivity index (χ2v) is 17.7. The number of hydrogen-bond donors (Lipinski definition) is 2. The van der Waals surface area contributed by atoms with Crippen LogP contribution in [0.1, 0.15) is 193 Å². The first-order valence-electron chi connectivity index (χ1n) is 26.0. The first kappa shape index (κ1) is 88.4. The van der Waals surface area contributed by atoms with Gasteiger partial charge in [0.1, 0.15) is 0 Å². The average Bonchev–Trinajstić information content (AvgIpc) is 3.41. The van der Waals surface area contributed by atoms with Crippen molar-refractivity contribution in [2.45, 2.75) is 176 Å². The van der Waals surface area contributed by atoms with Gasteiger partial charge in [0.25, 0.3) is 0 Å². The number of carboxylic acids is 3. The molecule has 0 bridgehead atoms. The fourth-order valence-electron chi connectivity index (χ4n) is 7.60. The molecule has 0 fully saturated rings. The number of hydrogen-bond acceptors (Lipinski definition) is 12. The van der Waals surface area contributed by atoms with Gasteiger partial charge in [-0.15, -0.1) is 0 Å². The SMILES string of the molecule is CCCC[N+](CCCC)(CCCC)CCCC.CCCC[N+](CCCC)(CCCC)CCCC.O=C(O)[C@@H](O)c1ccccc1.O=C([O-])[C@@H]([O-])c1ccccc1.O=C([O-])[C@@H]([O-])c1ccccc1.[O-2].[O-2].[O-][O-].[O-][O-].[V].[V]. The number of rotatable bonds is 30. The molecular formula is C56H92N2O15V2-10. The summed E-state index contributed by atoms with van der Waals surface area (Å²) in [4.78, 5) is 30.4. The Hall–Kier alpha value is -3.20. The number of aliphatic carboxylic acids is 3. The Labute approximate surface area is 475 Å². The van der Waals surface area contributed by atoms with Crippen molar-refractivity contribution in [1.29, 1.82) is 0 Å². The topological polar surface area (TPSA) is 333 Å². The Morgan fingerprint density at radius 1 is 0.400 bits per heavy atom. The number of aliphatic hydroxyl groups is 1. The van der Waals surface area contributed by atoms with Crippen molar-refractivity contribution in [2.24, 2.45) is 0 Å². The van der Waals surface area contributed by atoms with E-state index in [2.05, 4.69) is 55.4 Å². The summed E-state index contributed by atoms with van der Waals surface area (Å²) in [5, 5.41) is 87.1. The Kier molecular flexibility index (Phi) is 72.7. The third-order valence-corrected chi connectivity index (χ3v) is 11.9. The van der Waals surface area contributed by atoms with Crippen LogP contribution in [0, 0.1) is 0 Å². The maximum absolute atomic E-state index is 10.8. The number of aliphatic hydroxyl groups excluding tert-OH is 1. The summed E-state index contributed by atoms with van der Waals surface area (Å²) >= 11 is 0. The molecule has 0 aliphatic carbocycles. The van der Waals surface area contributed by atoms with Gasteiger partial charge in [-0.2, -0.15) is 0 Å². The van der Waals surface area contributed by atoms with E-state index in [4.69, 9.17) is 31.2 Å².